The minimum atomic E-state index is -0.143. The van der Waals surface area contributed by atoms with Crippen LogP contribution in [0, 0.1) is 12.8 Å². The molecule has 2 fully saturated rings. The van der Waals surface area contributed by atoms with Gasteiger partial charge >= 0.3 is 0 Å². The van der Waals surface area contributed by atoms with Crippen molar-refractivity contribution in [2.24, 2.45) is 5.92 Å². The summed E-state index contributed by atoms with van der Waals surface area (Å²) in [7, 11) is 0. The number of amides is 1. The van der Waals surface area contributed by atoms with Crippen LogP contribution < -0.4 is 0 Å². The van der Waals surface area contributed by atoms with Crippen molar-refractivity contribution in [3.05, 3.63) is 41.2 Å². The van der Waals surface area contributed by atoms with Crippen LogP contribution in [0.15, 0.2) is 24.3 Å². The number of hydrogen-bond acceptors (Lipinski definition) is 6. The number of likely N-dealkylation sites (tertiary alicyclic amines) is 1. The van der Waals surface area contributed by atoms with Crippen molar-refractivity contribution < 1.29 is 9.90 Å². The molecule has 8 heteroatoms. The van der Waals surface area contributed by atoms with E-state index >= 15 is 0 Å². The standard InChI is InChI=1S/C24H30N6O2/c1-16-9-11-17(12-10-16)14-30-22-20(27-28-30)23(31)26-21(25-22)19-8-5-13-29(15-19)24(32)18-6-3-2-4-7-18/h9-12,18-19H,2-8,13-15H2,1H3,(H,25,26,31). The molecule has 168 valence electrons. The Balaban J connectivity index is 1.38. The fraction of sp³-hybridized carbons (Fsp3) is 0.542. The summed E-state index contributed by atoms with van der Waals surface area (Å²) in [5, 5.41) is 18.8. The number of hydrogen-bond donors (Lipinski definition) is 1. The molecule has 1 aliphatic carbocycles. The second kappa shape index (κ2) is 8.84. The third-order valence-corrected chi connectivity index (χ3v) is 6.87. The SMILES string of the molecule is Cc1ccc(Cn2nnc3c(O)nc(C4CCCN(C(=O)C5CCCCC5)C4)nc32)cc1. The quantitative estimate of drug-likeness (QED) is 0.674. The van der Waals surface area contributed by atoms with Gasteiger partial charge in [0.1, 0.15) is 5.82 Å². The van der Waals surface area contributed by atoms with Crippen LogP contribution in [0.4, 0.5) is 0 Å². The van der Waals surface area contributed by atoms with Gasteiger partial charge in [0.25, 0.3) is 0 Å². The largest absolute Gasteiger partial charge is 0.492 e. The second-order valence-corrected chi connectivity index (χ2v) is 9.27. The van der Waals surface area contributed by atoms with Crippen molar-refractivity contribution in [1.29, 1.82) is 0 Å². The Morgan fingerprint density at radius 2 is 1.84 bits per heavy atom. The van der Waals surface area contributed by atoms with Crippen LogP contribution in [0.2, 0.25) is 0 Å². The fourth-order valence-corrected chi connectivity index (χ4v) is 5.01. The lowest BCUT2D eigenvalue weighted by Gasteiger charge is -2.35. The molecule has 1 N–H and O–H groups in total. The fourth-order valence-electron chi connectivity index (χ4n) is 5.01. The first-order valence-electron chi connectivity index (χ1n) is 11.7. The van der Waals surface area contributed by atoms with E-state index in [9.17, 15) is 9.90 Å². The molecule has 1 saturated heterocycles. The van der Waals surface area contributed by atoms with Crippen LogP contribution in [0.5, 0.6) is 5.88 Å². The van der Waals surface area contributed by atoms with Crippen LogP contribution >= 0.6 is 0 Å². The van der Waals surface area contributed by atoms with Crippen molar-refractivity contribution in [3.63, 3.8) is 0 Å². The van der Waals surface area contributed by atoms with Crippen LogP contribution in [-0.2, 0) is 11.3 Å². The number of fused-ring (bicyclic) bond motifs is 1. The van der Waals surface area contributed by atoms with Crippen LogP contribution in [0.25, 0.3) is 11.2 Å². The van der Waals surface area contributed by atoms with E-state index < -0.39 is 0 Å². The molecule has 3 heterocycles. The summed E-state index contributed by atoms with van der Waals surface area (Å²) in [6, 6.07) is 8.24. The van der Waals surface area contributed by atoms with Crippen molar-refractivity contribution in [2.75, 3.05) is 13.1 Å². The van der Waals surface area contributed by atoms with E-state index in [4.69, 9.17) is 4.98 Å². The zero-order valence-electron chi connectivity index (χ0n) is 18.6. The zero-order valence-corrected chi connectivity index (χ0v) is 18.6. The van der Waals surface area contributed by atoms with Gasteiger partial charge < -0.3 is 10.0 Å². The minimum Gasteiger partial charge on any atom is -0.492 e. The zero-order chi connectivity index (χ0) is 22.1. The number of carbonyl (C=O) groups is 1. The first kappa shape index (κ1) is 20.8. The van der Waals surface area contributed by atoms with Crippen molar-refractivity contribution >= 4 is 17.1 Å². The van der Waals surface area contributed by atoms with Gasteiger partial charge in [-0.1, -0.05) is 54.3 Å². The third-order valence-electron chi connectivity index (χ3n) is 6.87. The molecule has 2 aromatic heterocycles. The van der Waals surface area contributed by atoms with Gasteiger partial charge in [-0.2, -0.15) is 4.98 Å². The Bertz CT molecular complexity index is 1100. The van der Waals surface area contributed by atoms with E-state index in [1.807, 2.05) is 4.90 Å². The molecular weight excluding hydrogens is 404 g/mol. The van der Waals surface area contributed by atoms with Crippen LogP contribution in [0.3, 0.4) is 0 Å². The molecule has 1 atom stereocenters. The molecule has 0 bridgehead atoms. The molecule has 0 spiro atoms. The third kappa shape index (κ3) is 4.18. The number of piperidine rings is 1. The van der Waals surface area contributed by atoms with Crippen LogP contribution in [-0.4, -0.2) is 54.0 Å². The van der Waals surface area contributed by atoms with Crippen molar-refractivity contribution in [2.45, 2.75) is 64.3 Å². The molecule has 8 nitrogen and oxygen atoms in total. The normalized spacial score (nSPS) is 20.0. The lowest BCUT2D eigenvalue weighted by Crippen LogP contribution is -2.43. The summed E-state index contributed by atoms with van der Waals surface area (Å²) in [4.78, 5) is 24.2. The summed E-state index contributed by atoms with van der Waals surface area (Å²) in [5.41, 5.74) is 3.13. The van der Waals surface area contributed by atoms with E-state index in [1.165, 1.54) is 12.0 Å². The summed E-state index contributed by atoms with van der Waals surface area (Å²) in [6.45, 7) is 3.98. The van der Waals surface area contributed by atoms with Gasteiger partial charge in [0.15, 0.2) is 11.2 Å². The monoisotopic (exact) mass is 434 g/mol. The topological polar surface area (TPSA) is 97.0 Å². The summed E-state index contributed by atoms with van der Waals surface area (Å²) >= 11 is 0. The number of aromatic nitrogens is 5. The Labute approximate surface area is 187 Å². The Hall–Kier alpha value is -3.03. The maximum absolute atomic E-state index is 13.1. The minimum absolute atomic E-state index is 0.00863. The van der Waals surface area contributed by atoms with E-state index in [0.29, 0.717) is 30.1 Å². The van der Waals surface area contributed by atoms with E-state index in [-0.39, 0.29) is 23.6 Å². The lowest BCUT2D eigenvalue weighted by atomic mass is 9.87. The molecular formula is C24H30N6O2. The predicted octanol–water partition coefficient (Wildman–Crippen LogP) is 3.57. The molecule has 0 radical (unpaired) electrons. The number of nitrogens with zero attached hydrogens (tertiary/aromatic N) is 6. The average molecular weight is 435 g/mol. The number of carbonyl (C=O) groups excluding carboxylic acids is 1. The number of rotatable bonds is 4. The Kier molecular flexibility index (Phi) is 5.76. The van der Waals surface area contributed by atoms with Gasteiger partial charge in [-0.05, 0) is 38.2 Å². The first-order valence-corrected chi connectivity index (χ1v) is 11.7. The van der Waals surface area contributed by atoms with Crippen molar-refractivity contribution in [1.82, 2.24) is 29.9 Å². The molecule has 1 amide bonds. The van der Waals surface area contributed by atoms with Gasteiger partial charge in [-0.15, -0.1) is 5.10 Å². The second-order valence-electron chi connectivity index (χ2n) is 9.27. The maximum Gasteiger partial charge on any atom is 0.245 e. The van der Waals surface area contributed by atoms with Gasteiger partial charge in [0, 0.05) is 24.9 Å². The number of benzene rings is 1. The summed E-state index contributed by atoms with van der Waals surface area (Å²) in [5.74, 6) is 0.888. The smallest absolute Gasteiger partial charge is 0.245 e. The summed E-state index contributed by atoms with van der Waals surface area (Å²) < 4.78 is 1.71. The average Bonchev–Trinajstić information content (AvgIpc) is 3.24. The highest BCUT2D eigenvalue weighted by Gasteiger charge is 2.32. The van der Waals surface area contributed by atoms with E-state index in [0.717, 1.165) is 50.6 Å². The van der Waals surface area contributed by atoms with Crippen molar-refractivity contribution in [3.8, 4) is 5.88 Å². The van der Waals surface area contributed by atoms with Gasteiger partial charge in [0.2, 0.25) is 11.8 Å². The van der Waals surface area contributed by atoms with Gasteiger partial charge in [0.05, 0.1) is 6.54 Å². The highest BCUT2D eigenvalue weighted by molar-refractivity contribution is 5.79. The lowest BCUT2D eigenvalue weighted by molar-refractivity contribution is -0.137. The molecule has 1 aliphatic heterocycles. The highest BCUT2D eigenvalue weighted by atomic mass is 16.3. The van der Waals surface area contributed by atoms with Gasteiger partial charge in [-0.25, -0.2) is 9.67 Å². The number of aromatic hydroxyl groups is 1. The van der Waals surface area contributed by atoms with E-state index in [2.05, 4.69) is 46.5 Å². The highest BCUT2D eigenvalue weighted by Crippen LogP contribution is 2.31. The molecule has 1 saturated carbocycles. The molecule has 3 aromatic rings. The molecule has 2 aliphatic rings. The molecule has 1 unspecified atom stereocenters. The first-order chi connectivity index (χ1) is 15.6. The van der Waals surface area contributed by atoms with Gasteiger partial charge in [-0.3, -0.25) is 4.79 Å². The molecule has 1 aromatic carbocycles. The number of aryl methyl sites for hydroxylation is 1. The molecule has 5 rings (SSSR count). The molecule has 32 heavy (non-hydrogen) atoms. The Morgan fingerprint density at radius 3 is 2.62 bits per heavy atom. The summed E-state index contributed by atoms with van der Waals surface area (Å²) in [6.07, 6.45) is 7.38. The predicted molar refractivity (Wildman–Crippen MR) is 120 cm³/mol. The van der Waals surface area contributed by atoms with E-state index in [1.54, 1.807) is 4.68 Å². The van der Waals surface area contributed by atoms with Crippen LogP contribution in [0.1, 0.15) is 67.8 Å². The maximum atomic E-state index is 13.1. The Morgan fingerprint density at radius 1 is 1.06 bits per heavy atom.